The predicted molar refractivity (Wildman–Crippen MR) is 99.3 cm³/mol. The third-order valence-electron chi connectivity index (χ3n) is 5.46. The molecule has 142 valence electrons. The maximum Gasteiger partial charge on any atom is 0.225 e. The Morgan fingerprint density at radius 3 is 2.78 bits per heavy atom. The minimum atomic E-state index is -0.349. The van der Waals surface area contributed by atoms with Crippen LogP contribution in [0, 0.1) is 11.7 Å². The molecule has 1 aliphatic carbocycles. The van der Waals surface area contributed by atoms with Crippen LogP contribution in [0.2, 0.25) is 0 Å². The van der Waals surface area contributed by atoms with E-state index in [1.54, 1.807) is 18.5 Å². The van der Waals surface area contributed by atoms with E-state index >= 15 is 0 Å². The van der Waals surface area contributed by atoms with E-state index < -0.39 is 0 Å². The first-order chi connectivity index (χ1) is 13.2. The Bertz CT molecular complexity index is 808. The van der Waals surface area contributed by atoms with Crippen molar-refractivity contribution in [2.45, 2.75) is 38.2 Å². The van der Waals surface area contributed by atoms with Crippen molar-refractivity contribution in [3.05, 3.63) is 48.2 Å². The monoisotopic (exact) mass is 369 g/mol. The van der Waals surface area contributed by atoms with Crippen molar-refractivity contribution in [3.63, 3.8) is 0 Å². The SMILES string of the molecule is O=C(C1CCCCC1)N1CCOC(c2nccnc2-c2cccc(F)c2)C1. The van der Waals surface area contributed by atoms with Gasteiger partial charge in [-0.25, -0.2) is 4.39 Å². The number of morpholine rings is 1. The predicted octanol–water partition coefficient (Wildman–Crippen LogP) is 3.76. The summed E-state index contributed by atoms with van der Waals surface area (Å²) in [4.78, 5) is 23.7. The van der Waals surface area contributed by atoms with E-state index in [4.69, 9.17) is 4.74 Å². The molecule has 0 radical (unpaired) electrons. The molecule has 1 aromatic carbocycles. The first kappa shape index (κ1) is 18.0. The molecular formula is C21H24FN3O2. The van der Waals surface area contributed by atoms with Crippen LogP contribution in [0.15, 0.2) is 36.7 Å². The van der Waals surface area contributed by atoms with Crippen molar-refractivity contribution in [1.29, 1.82) is 0 Å². The third-order valence-corrected chi connectivity index (χ3v) is 5.46. The molecule has 1 saturated carbocycles. The van der Waals surface area contributed by atoms with Crippen molar-refractivity contribution < 1.29 is 13.9 Å². The fraction of sp³-hybridized carbons (Fsp3) is 0.476. The second-order valence-electron chi connectivity index (χ2n) is 7.28. The smallest absolute Gasteiger partial charge is 0.225 e. The van der Waals surface area contributed by atoms with Crippen LogP contribution in [0.3, 0.4) is 0 Å². The molecule has 2 heterocycles. The van der Waals surface area contributed by atoms with Gasteiger partial charge in [0.1, 0.15) is 11.9 Å². The number of hydrogen-bond donors (Lipinski definition) is 0. The summed E-state index contributed by atoms with van der Waals surface area (Å²) in [5.74, 6) is 0.0593. The molecule has 1 atom stereocenters. The molecule has 2 aliphatic rings. The summed E-state index contributed by atoms with van der Waals surface area (Å²) in [5.41, 5.74) is 1.93. The normalized spacial score (nSPS) is 21.2. The summed E-state index contributed by atoms with van der Waals surface area (Å²) < 4.78 is 19.6. The van der Waals surface area contributed by atoms with Gasteiger partial charge in [0.15, 0.2) is 0 Å². The van der Waals surface area contributed by atoms with Gasteiger partial charge in [-0.15, -0.1) is 0 Å². The molecular weight excluding hydrogens is 345 g/mol. The zero-order valence-electron chi connectivity index (χ0n) is 15.3. The molecule has 0 N–H and O–H groups in total. The number of aromatic nitrogens is 2. The second kappa shape index (κ2) is 8.13. The molecule has 1 aromatic heterocycles. The molecule has 1 saturated heterocycles. The number of rotatable bonds is 3. The standard InChI is InChI=1S/C21H24FN3O2/c22-17-8-4-7-16(13-17)19-20(24-10-9-23-19)18-14-25(11-12-27-18)21(26)15-5-2-1-3-6-15/h4,7-10,13,15,18H,1-3,5-6,11-12,14H2. The van der Waals surface area contributed by atoms with Gasteiger partial charge in [0.05, 0.1) is 24.5 Å². The van der Waals surface area contributed by atoms with Crippen LogP contribution >= 0.6 is 0 Å². The second-order valence-corrected chi connectivity index (χ2v) is 7.28. The van der Waals surface area contributed by atoms with Crippen LogP contribution < -0.4 is 0 Å². The number of carbonyl (C=O) groups excluding carboxylic acids is 1. The quantitative estimate of drug-likeness (QED) is 0.827. The fourth-order valence-electron chi connectivity index (χ4n) is 4.07. The molecule has 2 fully saturated rings. The van der Waals surface area contributed by atoms with Crippen LogP contribution in [0.5, 0.6) is 0 Å². The van der Waals surface area contributed by atoms with Crippen molar-refractivity contribution in [2.75, 3.05) is 19.7 Å². The maximum absolute atomic E-state index is 13.7. The number of benzene rings is 1. The molecule has 1 unspecified atom stereocenters. The number of ether oxygens (including phenoxy) is 1. The molecule has 0 spiro atoms. The van der Waals surface area contributed by atoms with Gasteiger partial charge in [0.25, 0.3) is 0 Å². The van der Waals surface area contributed by atoms with E-state index in [2.05, 4.69) is 9.97 Å². The van der Waals surface area contributed by atoms with E-state index in [-0.39, 0.29) is 23.7 Å². The number of carbonyl (C=O) groups is 1. The van der Waals surface area contributed by atoms with Crippen LogP contribution in [0.4, 0.5) is 4.39 Å². The number of halogens is 1. The number of amides is 1. The Morgan fingerprint density at radius 2 is 1.96 bits per heavy atom. The third kappa shape index (κ3) is 4.00. The summed E-state index contributed by atoms with van der Waals surface area (Å²) in [7, 11) is 0. The number of hydrogen-bond acceptors (Lipinski definition) is 4. The van der Waals surface area contributed by atoms with Gasteiger partial charge in [-0.05, 0) is 25.0 Å². The van der Waals surface area contributed by atoms with E-state index in [0.717, 1.165) is 25.7 Å². The highest BCUT2D eigenvalue weighted by atomic mass is 19.1. The van der Waals surface area contributed by atoms with Gasteiger partial charge in [-0.2, -0.15) is 0 Å². The van der Waals surface area contributed by atoms with Gasteiger partial charge in [0, 0.05) is 30.4 Å². The van der Waals surface area contributed by atoms with Gasteiger partial charge in [-0.1, -0.05) is 31.4 Å². The Morgan fingerprint density at radius 1 is 1.15 bits per heavy atom. The highest BCUT2D eigenvalue weighted by Gasteiger charge is 2.32. The van der Waals surface area contributed by atoms with Gasteiger partial charge >= 0.3 is 0 Å². The van der Waals surface area contributed by atoms with Crippen molar-refractivity contribution in [3.8, 4) is 11.3 Å². The lowest BCUT2D eigenvalue weighted by Crippen LogP contribution is -2.45. The molecule has 1 amide bonds. The Labute approximate surface area is 158 Å². The van der Waals surface area contributed by atoms with Crippen molar-refractivity contribution >= 4 is 5.91 Å². The van der Waals surface area contributed by atoms with E-state index in [1.165, 1.54) is 18.6 Å². The summed E-state index contributed by atoms with van der Waals surface area (Å²) in [5, 5.41) is 0. The van der Waals surface area contributed by atoms with Crippen LogP contribution in [0.1, 0.15) is 43.9 Å². The molecule has 0 bridgehead atoms. The van der Waals surface area contributed by atoms with Gasteiger partial charge < -0.3 is 9.64 Å². The Kier molecular flexibility index (Phi) is 5.43. The van der Waals surface area contributed by atoms with Crippen LogP contribution in [-0.4, -0.2) is 40.5 Å². The van der Waals surface area contributed by atoms with E-state index in [9.17, 15) is 9.18 Å². The Balaban J connectivity index is 1.56. The summed E-state index contributed by atoms with van der Waals surface area (Å²) >= 11 is 0. The highest BCUT2D eigenvalue weighted by Crippen LogP contribution is 2.31. The molecule has 6 heteroatoms. The van der Waals surface area contributed by atoms with Gasteiger partial charge in [0.2, 0.25) is 5.91 Å². The zero-order chi connectivity index (χ0) is 18.6. The average molecular weight is 369 g/mol. The van der Waals surface area contributed by atoms with Crippen LogP contribution in [0.25, 0.3) is 11.3 Å². The summed E-state index contributed by atoms with van der Waals surface area (Å²) in [6, 6.07) is 6.32. The van der Waals surface area contributed by atoms with Crippen molar-refractivity contribution in [2.24, 2.45) is 5.92 Å². The van der Waals surface area contributed by atoms with Crippen molar-refractivity contribution in [1.82, 2.24) is 14.9 Å². The highest BCUT2D eigenvalue weighted by molar-refractivity contribution is 5.79. The zero-order valence-corrected chi connectivity index (χ0v) is 15.3. The molecule has 4 rings (SSSR count). The van der Waals surface area contributed by atoms with Crippen LogP contribution in [-0.2, 0) is 9.53 Å². The van der Waals surface area contributed by atoms with Gasteiger partial charge in [-0.3, -0.25) is 14.8 Å². The maximum atomic E-state index is 13.7. The molecule has 1 aliphatic heterocycles. The van der Waals surface area contributed by atoms with E-state index in [0.29, 0.717) is 36.6 Å². The molecule has 27 heavy (non-hydrogen) atoms. The minimum absolute atomic E-state index is 0.141. The average Bonchev–Trinajstić information content (AvgIpc) is 2.74. The fourth-order valence-corrected chi connectivity index (χ4v) is 4.07. The topological polar surface area (TPSA) is 55.3 Å². The minimum Gasteiger partial charge on any atom is -0.368 e. The largest absolute Gasteiger partial charge is 0.368 e. The first-order valence-electron chi connectivity index (χ1n) is 9.69. The Hall–Kier alpha value is -2.34. The lowest BCUT2D eigenvalue weighted by molar-refractivity contribution is -0.144. The first-order valence-corrected chi connectivity index (χ1v) is 9.69. The number of nitrogens with zero attached hydrogens (tertiary/aromatic N) is 3. The summed E-state index contributed by atoms with van der Waals surface area (Å²) in [6.07, 6.45) is 8.34. The van der Waals surface area contributed by atoms with E-state index in [1.807, 2.05) is 11.0 Å². The lowest BCUT2D eigenvalue weighted by Gasteiger charge is -2.36. The lowest BCUT2D eigenvalue weighted by atomic mass is 9.88. The molecule has 5 nitrogen and oxygen atoms in total. The summed E-state index contributed by atoms with van der Waals surface area (Å²) in [6.45, 7) is 1.56. The molecule has 2 aromatic rings.